The minimum absolute atomic E-state index is 0.666. The fourth-order valence-electron chi connectivity index (χ4n) is 1.70. The summed E-state index contributed by atoms with van der Waals surface area (Å²) in [6, 6.07) is 15.1. The van der Waals surface area contributed by atoms with Gasteiger partial charge in [0.25, 0.3) is 0 Å². The van der Waals surface area contributed by atoms with Crippen LogP contribution < -0.4 is 9.77 Å². The van der Waals surface area contributed by atoms with Crippen LogP contribution in [0.3, 0.4) is 0 Å². The van der Waals surface area contributed by atoms with Crippen LogP contribution in [0.15, 0.2) is 48.5 Å². The summed E-state index contributed by atoms with van der Waals surface area (Å²) in [6.07, 6.45) is 0. The van der Waals surface area contributed by atoms with E-state index in [-0.39, 0.29) is 0 Å². The van der Waals surface area contributed by atoms with Gasteiger partial charge in [0.2, 0.25) is 0 Å². The minimum atomic E-state index is -2.83. The zero-order valence-corrected chi connectivity index (χ0v) is 12.6. The van der Waals surface area contributed by atoms with Crippen molar-refractivity contribution in [2.75, 3.05) is 5.73 Å². The Morgan fingerprint density at radius 1 is 1.00 bits per heavy atom. The summed E-state index contributed by atoms with van der Waals surface area (Å²) in [5.74, 6) is 0. The van der Waals surface area contributed by atoms with Crippen LogP contribution >= 0.6 is 0 Å². The fraction of sp³-hybridized carbons (Fsp3) is 0.0769. The van der Waals surface area contributed by atoms with E-state index in [9.17, 15) is 8.42 Å². The summed E-state index contributed by atoms with van der Waals surface area (Å²) in [6.45, 7) is 0. The van der Waals surface area contributed by atoms with Crippen molar-refractivity contribution in [1.82, 2.24) is 0 Å². The first-order valence-electron chi connectivity index (χ1n) is 5.34. The summed E-state index contributed by atoms with van der Waals surface area (Å²) in [5.41, 5.74) is 8.47. The number of para-hydroxylation sites is 1. The molecule has 4 nitrogen and oxygen atoms in total. The third-order valence-electron chi connectivity index (χ3n) is 2.47. The molecule has 0 aliphatic carbocycles. The van der Waals surface area contributed by atoms with Gasteiger partial charge < -0.3 is 0 Å². The van der Waals surface area contributed by atoms with Crippen LogP contribution in [0.2, 0.25) is 5.40 Å². The number of benzene rings is 2. The number of hydrogen-bond donors (Lipinski definition) is 2. The Hall–Kier alpha value is -1.19. The summed E-state index contributed by atoms with van der Waals surface area (Å²) < 4.78 is 27.3. The molecule has 0 saturated carbocycles. The number of thiol groups is 1. The molecule has 2 aromatic carbocycles. The summed E-state index contributed by atoms with van der Waals surface area (Å²) in [7, 11) is -2.83. The van der Waals surface area contributed by atoms with Gasteiger partial charge in [-0.2, -0.15) is 0 Å². The molecule has 0 amide bonds. The van der Waals surface area contributed by atoms with Crippen LogP contribution in [0.5, 0.6) is 0 Å². The van der Waals surface area contributed by atoms with Gasteiger partial charge in [0.15, 0.2) is 0 Å². The Balaban J connectivity index is 2.50. The van der Waals surface area contributed by atoms with Gasteiger partial charge in [-0.05, 0) is 0 Å². The SMILES string of the molecule is [CH3][Pd]([O][SH](=O)=O)[c]1ccccc1-c1ccccc1N. The second-order valence-electron chi connectivity index (χ2n) is 3.67. The van der Waals surface area contributed by atoms with E-state index >= 15 is 0 Å². The third kappa shape index (κ3) is 3.43. The Morgan fingerprint density at radius 2 is 1.58 bits per heavy atom. The van der Waals surface area contributed by atoms with Gasteiger partial charge in [0.1, 0.15) is 0 Å². The molecule has 0 bridgehead atoms. The van der Waals surface area contributed by atoms with Gasteiger partial charge in [-0.1, -0.05) is 0 Å². The van der Waals surface area contributed by atoms with Crippen molar-refractivity contribution in [2.24, 2.45) is 0 Å². The monoisotopic (exact) mass is 370 g/mol. The van der Waals surface area contributed by atoms with Gasteiger partial charge in [0.05, 0.1) is 0 Å². The van der Waals surface area contributed by atoms with Crippen LogP contribution in [-0.2, 0) is 31.0 Å². The number of nitrogens with two attached hydrogens (primary N) is 1. The molecule has 19 heavy (non-hydrogen) atoms. The number of hydrogen-bond acceptors (Lipinski definition) is 4. The molecule has 6 heteroatoms. The van der Waals surface area contributed by atoms with Crippen LogP contribution in [-0.4, -0.2) is 8.42 Å². The zero-order valence-electron chi connectivity index (χ0n) is 10.2. The van der Waals surface area contributed by atoms with Crippen LogP contribution in [0.1, 0.15) is 0 Å². The van der Waals surface area contributed by atoms with Crippen molar-refractivity contribution < 1.29 is 28.5 Å². The molecule has 0 saturated heterocycles. The summed E-state index contributed by atoms with van der Waals surface area (Å²) in [4.78, 5) is 0. The van der Waals surface area contributed by atoms with Crippen molar-refractivity contribution in [3.63, 3.8) is 0 Å². The molecule has 2 N–H and O–H groups in total. The maximum absolute atomic E-state index is 10.7. The standard InChI is InChI=1S/C12H10N.CH3.H2O3S.Pd/c13-12-9-5-4-8-11(12)10-6-2-1-3-7-10;;1-4(2)3;/h1-6,8-9H,13H2;1H3;4H,(H,1,2,3);/q;;;+1/p-1. The van der Waals surface area contributed by atoms with E-state index in [1.807, 2.05) is 53.9 Å². The van der Waals surface area contributed by atoms with Crippen molar-refractivity contribution >= 4 is 20.7 Å². The Morgan fingerprint density at radius 3 is 2.21 bits per heavy atom. The van der Waals surface area contributed by atoms with Gasteiger partial charge in [0, 0.05) is 0 Å². The Labute approximate surface area is 120 Å². The van der Waals surface area contributed by atoms with Crippen molar-refractivity contribution in [3.05, 3.63) is 48.5 Å². The Bertz CT molecular complexity index is 650. The van der Waals surface area contributed by atoms with Crippen LogP contribution in [0.4, 0.5) is 5.69 Å². The summed E-state index contributed by atoms with van der Waals surface area (Å²) >= 11 is -1.77. The molecule has 0 aromatic heterocycles. The number of rotatable bonds is 4. The molecule has 0 radical (unpaired) electrons. The zero-order chi connectivity index (χ0) is 13.8. The van der Waals surface area contributed by atoms with Crippen molar-refractivity contribution in [1.29, 1.82) is 0 Å². The molecular weight excluding hydrogens is 357 g/mol. The van der Waals surface area contributed by atoms with E-state index in [1.165, 1.54) is 0 Å². The van der Waals surface area contributed by atoms with Gasteiger partial charge >= 0.3 is 120 Å². The molecule has 0 aliphatic rings. The van der Waals surface area contributed by atoms with Crippen molar-refractivity contribution in [2.45, 2.75) is 5.40 Å². The molecule has 0 fully saturated rings. The van der Waals surface area contributed by atoms with E-state index in [1.54, 1.807) is 0 Å². The van der Waals surface area contributed by atoms with Crippen LogP contribution in [0, 0.1) is 0 Å². The maximum atomic E-state index is 10.7. The first kappa shape index (κ1) is 14.2. The molecule has 0 aliphatic heterocycles. The fourth-order valence-corrected chi connectivity index (χ4v) is 4.85. The predicted molar refractivity (Wildman–Crippen MR) is 73.2 cm³/mol. The average Bonchev–Trinajstić information content (AvgIpc) is 2.38. The van der Waals surface area contributed by atoms with Crippen LogP contribution in [0.25, 0.3) is 11.1 Å². The second kappa shape index (κ2) is 6.31. The second-order valence-corrected chi connectivity index (χ2v) is 7.65. The molecular formula is C13H14NO3PdS. The van der Waals surface area contributed by atoms with E-state index < -0.39 is 28.1 Å². The van der Waals surface area contributed by atoms with E-state index in [4.69, 9.17) is 8.64 Å². The normalized spacial score (nSPS) is 11.6. The number of nitrogen functional groups attached to an aromatic ring is 1. The molecule has 0 spiro atoms. The first-order chi connectivity index (χ1) is 9.09. The van der Waals surface area contributed by atoms with E-state index in [0.29, 0.717) is 5.69 Å². The molecule has 2 rings (SSSR count). The average molecular weight is 371 g/mol. The van der Waals surface area contributed by atoms with E-state index in [2.05, 4.69) is 0 Å². The molecule has 0 unspecified atom stereocenters. The molecule has 0 atom stereocenters. The predicted octanol–water partition coefficient (Wildman–Crippen LogP) is 1.69. The quantitative estimate of drug-likeness (QED) is 0.488. The molecule has 105 valence electrons. The van der Waals surface area contributed by atoms with Crippen molar-refractivity contribution in [3.8, 4) is 11.1 Å². The third-order valence-corrected chi connectivity index (χ3v) is 6.57. The van der Waals surface area contributed by atoms with Gasteiger partial charge in [-0.25, -0.2) is 0 Å². The van der Waals surface area contributed by atoms with E-state index in [0.717, 1.165) is 15.2 Å². The van der Waals surface area contributed by atoms with Gasteiger partial charge in [-0.3, -0.25) is 0 Å². The number of anilines is 1. The topological polar surface area (TPSA) is 69.4 Å². The molecule has 2 aromatic rings. The van der Waals surface area contributed by atoms with Gasteiger partial charge in [-0.15, -0.1) is 0 Å². The summed E-state index contributed by atoms with van der Waals surface area (Å²) in [5, 5.41) is 1.81. The Kier molecular flexibility index (Phi) is 4.72. The first-order valence-corrected chi connectivity index (χ1v) is 9.41. The molecule has 0 heterocycles.